The summed E-state index contributed by atoms with van der Waals surface area (Å²) in [6.45, 7) is 4.72. The van der Waals surface area contributed by atoms with Crippen LogP contribution in [0.25, 0.3) is 0 Å². The van der Waals surface area contributed by atoms with E-state index in [-0.39, 0.29) is 11.5 Å². The fourth-order valence-electron chi connectivity index (χ4n) is 3.31. The van der Waals surface area contributed by atoms with E-state index in [1.54, 1.807) is 19.1 Å². The molecule has 2 aromatic rings. The number of aromatic nitrogens is 2. The van der Waals surface area contributed by atoms with E-state index in [2.05, 4.69) is 25.9 Å². The summed E-state index contributed by atoms with van der Waals surface area (Å²) in [6, 6.07) is 4.09. The Labute approximate surface area is 178 Å². The van der Waals surface area contributed by atoms with Crippen LogP contribution in [0.1, 0.15) is 23.0 Å². The van der Waals surface area contributed by atoms with Gasteiger partial charge in [-0.15, -0.1) is 0 Å². The van der Waals surface area contributed by atoms with E-state index < -0.39 is 23.7 Å². The first-order valence-electron chi connectivity index (χ1n) is 9.97. The van der Waals surface area contributed by atoms with E-state index in [1.807, 2.05) is 9.80 Å². The molecule has 9 nitrogen and oxygen atoms in total. The summed E-state index contributed by atoms with van der Waals surface area (Å²) in [4.78, 5) is 34.7. The average molecular weight is 433 g/mol. The minimum Gasteiger partial charge on any atom is -0.365 e. The van der Waals surface area contributed by atoms with Gasteiger partial charge in [0.25, 0.3) is 5.91 Å². The smallest absolute Gasteiger partial charge is 0.320 e. The molecule has 0 aromatic carbocycles. The van der Waals surface area contributed by atoms with Crippen LogP contribution in [-0.2, 0) is 6.54 Å². The van der Waals surface area contributed by atoms with Crippen molar-refractivity contribution < 1.29 is 18.4 Å². The molecule has 2 aromatic heterocycles. The largest absolute Gasteiger partial charge is 0.365 e. The van der Waals surface area contributed by atoms with Crippen molar-refractivity contribution in [2.45, 2.75) is 13.5 Å². The highest BCUT2D eigenvalue weighted by molar-refractivity contribution is 5.92. The molecule has 11 heteroatoms. The van der Waals surface area contributed by atoms with Crippen molar-refractivity contribution in [1.82, 2.24) is 25.5 Å². The number of hydrogen-bond donors (Lipinski definition) is 3. The molecule has 1 fully saturated rings. The molecule has 3 amide bonds. The zero-order chi connectivity index (χ0) is 22.4. The number of carbonyl (C=O) groups excluding carboxylic acids is 2. The number of hydrogen-bond acceptors (Lipinski definition) is 6. The van der Waals surface area contributed by atoms with Crippen LogP contribution in [0.5, 0.6) is 0 Å². The molecule has 3 heterocycles. The van der Waals surface area contributed by atoms with Crippen molar-refractivity contribution in [2.75, 3.05) is 50.0 Å². The standard InChI is InChI=1S/C20H25F2N7O2/c1-3-24-20(31)27-18-16(21)13(6-7-25-18)12-28-8-10-29(11-9-28)15-5-4-14(19(30)23-2)26-17(15)22/h4-7H,3,8-12H2,1-2H3,(H,23,30)(H2,24,25,27,31). The van der Waals surface area contributed by atoms with Crippen LogP contribution in [0.4, 0.5) is 25.1 Å². The Bertz CT molecular complexity index is 949. The highest BCUT2D eigenvalue weighted by atomic mass is 19.1. The highest BCUT2D eigenvalue weighted by Gasteiger charge is 2.22. The second-order valence-corrected chi connectivity index (χ2v) is 6.97. The molecule has 0 atom stereocenters. The zero-order valence-electron chi connectivity index (χ0n) is 17.4. The van der Waals surface area contributed by atoms with Crippen LogP contribution >= 0.6 is 0 Å². The van der Waals surface area contributed by atoms with Crippen molar-refractivity contribution in [1.29, 1.82) is 0 Å². The third-order valence-electron chi connectivity index (χ3n) is 4.93. The van der Waals surface area contributed by atoms with Gasteiger partial charge in [-0.2, -0.15) is 4.39 Å². The van der Waals surface area contributed by atoms with Crippen molar-refractivity contribution in [3.8, 4) is 0 Å². The van der Waals surface area contributed by atoms with Gasteiger partial charge in [-0.3, -0.25) is 15.0 Å². The third-order valence-corrected chi connectivity index (χ3v) is 4.93. The number of halogens is 2. The fraction of sp³-hybridized carbons (Fsp3) is 0.400. The predicted octanol–water partition coefficient (Wildman–Crippen LogP) is 1.58. The topological polar surface area (TPSA) is 102 Å². The number of pyridine rings is 2. The maximum absolute atomic E-state index is 14.7. The van der Waals surface area contributed by atoms with Crippen LogP contribution in [0.15, 0.2) is 24.4 Å². The lowest BCUT2D eigenvalue weighted by atomic mass is 10.2. The molecule has 0 spiro atoms. The summed E-state index contributed by atoms with van der Waals surface area (Å²) in [5.41, 5.74) is 0.765. The average Bonchev–Trinajstić information content (AvgIpc) is 2.76. The Morgan fingerprint density at radius 3 is 2.52 bits per heavy atom. The molecule has 3 N–H and O–H groups in total. The maximum atomic E-state index is 14.7. The fourth-order valence-corrected chi connectivity index (χ4v) is 3.31. The lowest BCUT2D eigenvalue weighted by Gasteiger charge is -2.36. The van der Waals surface area contributed by atoms with Crippen LogP contribution in [0.3, 0.4) is 0 Å². The summed E-state index contributed by atoms with van der Waals surface area (Å²) in [7, 11) is 1.46. The van der Waals surface area contributed by atoms with E-state index in [4.69, 9.17) is 0 Å². The normalized spacial score (nSPS) is 14.3. The Hall–Kier alpha value is -3.34. The molecule has 0 aliphatic carbocycles. The number of anilines is 2. The Morgan fingerprint density at radius 1 is 1.13 bits per heavy atom. The Morgan fingerprint density at radius 2 is 1.87 bits per heavy atom. The van der Waals surface area contributed by atoms with E-state index >= 15 is 0 Å². The minimum atomic E-state index is -0.698. The number of rotatable bonds is 6. The van der Waals surface area contributed by atoms with Crippen molar-refractivity contribution in [3.05, 3.63) is 47.4 Å². The molecule has 0 bridgehead atoms. The van der Waals surface area contributed by atoms with E-state index in [0.29, 0.717) is 50.5 Å². The number of piperazine rings is 1. The first-order chi connectivity index (χ1) is 14.9. The van der Waals surface area contributed by atoms with Crippen LogP contribution in [-0.4, -0.2) is 66.6 Å². The summed E-state index contributed by atoms with van der Waals surface area (Å²) in [6.07, 6.45) is 1.45. The monoisotopic (exact) mass is 433 g/mol. The maximum Gasteiger partial charge on any atom is 0.320 e. The van der Waals surface area contributed by atoms with Gasteiger partial charge in [-0.05, 0) is 25.1 Å². The molecule has 0 unspecified atom stereocenters. The van der Waals surface area contributed by atoms with Crippen LogP contribution in [0.2, 0.25) is 0 Å². The molecule has 166 valence electrons. The molecular weight excluding hydrogens is 408 g/mol. The van der Waals surface area contributed by atoms with Gasteiger partial charge in [0, 0.05) is 58.1 Å². The summed E-state index contributed by atoms with van der Waals surface area (Å²) >= 11 is 0. The van der Waals surface area contributed by atoms with Crippen molar-refractivity contribution in [2.24, 2.45) is 0 Å². The van der Waals surface area contributed by atoms with Crippen molar-refractivity contribution in [3.63, 3.8) is 0 Å². The van der Waals surface area contributed by atoms with Gasteiger partial charge < -0.3 is 15.5 Å². The second-order valence-electron chi connectivity index (χ2n) is 6.97. The molecule has 1 saturated heterocycles. The Balaban J connectivity index is 1.61. The van der Waals surface area contributed by atoms with E-state index in [1.165, 1.54) is 19.3 Å². The van der Waals surface area contributed by atoms with Gasteiger partial charge in [-0.25, -0.2) is 19.2 Å². The quantitative estimate of drug-likeness (QED) is 0.598. The zero-order valence-corrected chi connectivity index (χ0v) is 17.4. The van der Waals surface area contributed by atoms with Gasteiger partial charge in [0.1, 0.15) is 5.69 Å². The Kier molecular flexibility index (Phi) is 7.29. The molecule has 31 heavy (non-hydrogen) atoms. The number of nitrogens with one attached hydrogen (secondary N) is 3. The summed E-state index contributed by atoms with van der Waals surface area (Å²) in [5.74, 6) is -1.84. The van der Waals surface area contributed by atoms with Gasteiger partial charge in [0.05, 0.1) is 5.69 Å². The van der Waals surface area contributed by atoms with E-state index in [0.717, 1.165) is 0 Å². The summed E-state index contributed by atoms with van der Waals surface area (Å²) < 4.78 is 29.1. The SMILES string of the molecule is CCNC(=O)Nc1nccc(CN2CCN(c3ccc(C(=O)NC)nc3F)CC2)c1F. The van der Waals surface area contributed by atoms with Gasteiger partial charge in [0.15, 0.2) is 11.6 Å². The second kappa shape index (κ2) is 10.1. The van der Waals surface area contributed by atoms with Crippen molar-refractivity contribution >= 4 is 23.4 Å². The molecular formula is C20H25F2N7O2. The van der Waals surface area contributed by atoms with Gasteiger partial charge in [0.2, 0.25) is 5.95 Å². The van der Waals surface area contributed by atoms with Gasteiger partial charge in [-0.1, -0.05) is 0 Å². The molecule has 1 aliphatic rings. The first-order valence-corrected chi connectivity index (χ1v) is 9.97. The number of carbonyl (C=O) groups is 2. The number of amides is 3. The van der Waals surface area contributed by atoms with Crippen LogP contribution < -0.4 is 20.9 Å². The lowest BCUT2D eigenvalue weighted by Crippen LogP contribution is -2.46. The van der Waals surface area contributed by atoms with Gasteiger partial charge >= 0.3 is 6.03 Å². The first kappa shape index (κ1) is 22.3. The predicted molar refractivity (Wildman–Crippen MR) is 112 cm³/mol. The molecule has 1 aliphatic heterocycles. The molecule has 0 radical (unpaired) electrons. The molecule has 0 saturated carbocycles. The van der Waals surface area contributed by atoms with Crippen LogP contribution in [0, 0.1) is 11.8 Å². The van der Waals surface area contributed by atoms with E-state index in [9.17, 15) is 18.4 Å². The number of nitrogens with zero attached hydrogens (tertiary/aromatic N) is 4. The minimum absolute atomic E-state index is 0.0209. The third kappa shape index (κ3) is 5.43. The lowest BCUT2D eigenvalue weighted by molar-refractivity contribution is 0.0957. The summed E-state index contributed by atoms with van der Waals surface area (Å²) in [5, 5.41) is 7.34. The molecule has 3 rings (SSSR count). The number of urea groups is 1. The highest BCUT2D eigenvalue weighted by Crippen LogP contribution is 2.22.